The maximum atomic E-state index is 14.0. The summed E-state index contributed by atoms with van der Waals surface area (Å²) >= 11 is 1.74. The van der Waals surface area contributed by atoms with Crippen molar-refractivity contribution in [2.45, 2.75) is 106 Å². The second-order valence-corrected chi connectivity index (χ2v) is 19.6. The topological polar surface area (TPSA) is 165 Å². The summed E-state index contributed by atoms with van der Waals surface area (Å²) in [5.74, 6) is -0.0387. The number of hydrogen-bond donors (Lipinski definition) is 4. The molecule has 2 saturated heterocycles. The second kappa shape index (κ2) is 18.5. The molecule has 2 fully saturated rings. The van der Waals surface area contributed by atoms with Crippen molar-refractivity contribution in [3.8, 4) is 11.1 Å². The first-order valence-corrected chi connectivity index (χ1v) is 23.8. The van der Waals surface area contributed by atoms with E-state index in [-0.39, 0.29) is 47.6 Å². The van der Waals surface area contributed by atoms with Gasteiger partial charge in [0.05, 0.1) is 23.6 Å². The van der Waals surface area contributed by atoms with E-state index in [9.17, 15) is 32.7 Å². The number of nitrogens with one attached hydrogen (secondary N) is 3. The van der Waals surface area contributed by atoms with Crippen LogP contribution in [-0.4, -0.2) is 77.3 Å². The Morgan fingerprint density at radius 2 is 1.64 bits per heavy atom. The molecule has 0 saturated carbocycles. The number of nitrogens with zero attached hydrogens (tertiary/aromatic N) is 2. The molecule has 4 amide bonds. The van der Waals surface area contributed by atoms with Crippen molar-refractivity contribution in [1.82, 2.24) is 14.5 Å². The highest BCUT2D eigenvalue weighted by Crippen LogP contribution is 2.49. The molecule has 0 radical (unpaired) electrons. The van der Waals surface area contributed by atoms with Crippen molar-refractivity contribution in [2.75, 3.05) is 29.5 Å². The standard InChI is InChI=1S/C47H53N5O7S2/c1-30-15-18-34(19-16-30)61(58,59)52-24-23-36-40(29-53)49-39-20-17-32(27-37(39)45(36)52)31-10-8-11-33(26-31)48-43(54)14-6-4-2-3-5-7-25-60-42-13-9-12-35-38(42)28-51(47(35)57)41-21-22-44(55)50-46(41)56/h8-13,15-20,26-27,36,40-41,45,49,53H,2-7,14,21-25,28-29H2,1H3,(H,48,54)(H,50,55,56)/t36-,40+,41?,45-/m1/s1. The molecule has 0 aromatic heterocycles. The van der Waals surface area contributed by atoms with Gasteiger partial charge in [0.1, 0.15) is 6.04 Å². The molecular weight excluding hydrogens is 811 g/mol. The third-order valence-corrected chi connectivity index (χ3v) is 15.6. The van der Waals surface area contributed by atoms with Crippen molar-refractivity contribution in [3.05, 3.63) is 107 Å². The number of hydrogen-bond acceptors (Lipinski definition) is 9. The van der Waals surface area contributed by atoms with Crippen molar-refractivity contribution >= 4 is 56.8 Å². The van der Waals surface area contributed by atoms with E-state index < -0.39 is 28.0 Å². The number of piperidine rings is 1. The van der Waals surface area contributed by atoms with Crippen LogP contribution >= 0.6 is 11.8 Å². The monoisotopic (exact) mass is 863 g/mol. The van der Waals surface area contributed by atoms with Gasteiger partial charge in [0.15, 0.2) is 0 Å². The van der Waals surface area contributed by atoms with E-state index in [2.05, 4.69) is 16.0 Å². The van der Waals surface area contributed by atoms with Crippen LogP contribution in [0.4, 0.5) is 11.4 Å². The Bertz CT molecular complexity index is 2420. The number of sulfonamides is 1. The first-order chi connectivity index (χ1) is 29.5. The minimum atomic E-state index is -3.78. The average molecular weight is 864 g/mol. The van der Waals surface area contributed by atoms with Gasteiger partial charge >= 0.3 is 0 Å². The Kier molecular flexibility index (Phi) is 13.0. The van der Waals surface area contributed by atoms with Crippen LogP contribution in [0.2, 0.25) is 0 Å². The van der Waals surface area contributed by atoms with Gasteiger partial charge in [-0.25, -0.2) is 8.42 Å². The normalized spacial score (nSPS) is 21.1. The third kappa shape index (κ3) is 9.13. The van der Waals surface area contributed by atoms with Gasteiger partial charge in [-0.05, 0) is 109 Å². The highest BCUT2D eigenvalue weighted by Gasteiger charge is 2.48. The fourth-order valence-electron chi connectivity index (χ4n) is 9.28. The number of carbonyl (C=O) groups excluding carboxylic acids is 4. The van der Waals surface area contributed by atoms with E-state index in [1.807, 2.05) is 79.7 Å². The molecule has 4 aliphatic heterocycles. The number of amides is 4. The van der Waals surface area contributed by atoms with Crippen LogP contribution in [0.25, 0.3) is 11.1 Å². The zero-order valence-electron chi connectivity index (χ0n) is 34.4. The first kappa shape index (κ1) is 42.7. The van der Waals surface area contributed by atoms with Crippen LogP contribution in [0, 0.1) is 12.8 Å². The molecule has 4 aromatic carbocycles. The summed E-state index contributed by atoms with van der Waals surface area (Å²) in [6, 6.07) is 25.1. The molecule has 61 heavy (non-hydrogen) atoms. The second-order valence-electron chi connectivity index (χ2n) is 16.6. The molecule has 4 N–H and O–H groups in total. The Labute approximate surface area is 361 Å². The minimum Gasteiger partial charge on any atom is -0.394 e. The first-order valence-electron chi connectivity index (χ1n) is 21.4. The van der Waals surface area contributed by atoms with Crippen LogP contribution in [-0.2, 0) is 31.0 Å². The summed E-state index contributed by atoms with van der Waals surface area (Å²) in [5, 5.41) is 19.2. The minimum absolute atomic E-state index is 0.0333. The van der Waals surface area contributed by atoms with Crippen LogP contribution in [0.15, 0.2) is 94.7 Å². The number of imide groups is 1. The maximum Gasteiger partial charge on any atom is 0.255 e. The van der Waals surface area contributed by atoms with Gasteiger partial charge in [0.25, 0.3) is 5.91 Å². The number of thioether (sulfide) groups is 1. The summed E-state index contributed by atoms with van der Waals surface area (Å²) in [5.41, 5.74) is 6.81. The van der Waals surface area contributed by atoms with Gasteiger partial charge in [-0.3, -0.25) is 24.5 Å². The molecule has 4 heterocycles. The molecule has 320 valence electrons. The summed E-state index contributed by atoms with van der Waals surface area (Å²) < 4.78 is 29.6. The lowest BCUT2D eigenvalue weighted by molar-refractivity contribution is -0.137. The lowest BCUT2D eigenvalue weighted by atomic mass is 9.82. The van der Waals surface area contributed by atoms with E-state index in [0.29, 0.717) is 43.6 Å². The van der Waals surface area contributed by atoms with Crippen molar-refractivity contribution in [2.24, 2.45) is 5.92 Å². The number of benzene rings is 4. The Balaban J connectivity index is 0.794. The van der Waals surface area contributed by atoms with Gasteiger partial charge in [-0.1, -0.05) is 67.6 Å². The molecule has 14 heteroatoms. The highest BCUT2D eigenvalue weighted by atomic mass is 32.2. The molecule has 8 rings (SSSR count). The smallest absolute Gasteiger partial charge is 0.255 e. The largest absolute Gasteiger partial charge is 0.394 e. The molecule has 4 aromatic rings. The van der Waals surface area contributed by atoms with Gasteiger partial charge < -0.3 is 20.6 Å². The number of rotatable bonds is 16. The van der Waals surface area contributed by atoms with Crippen molar-refractivity contribution in [1.29, 1.82) is 0 Å². The summed E-state index contributed by atoms with van der Waals surface area (Å²) in [4.78, 5) is 53.1. The lowest BCUT2D eigenvalue weighted by Gasteiger charge is -2.39. The van der Waals surface area contributed by atoms with Crippen LogP contribution in [0.1, 0.15) is 97.3 Å². The Morgan fingerprint density at radius 1 is 0.885 bits per heavy atom. The van der Waals surface area contributed by atoms with Gasteiger partial charge in [-0.2, -0.15) is 4.31 Å². The molecule has 4 aliphatic rings. The Hall–Kier alpha value is -5.02. The van der Waals surface area contributed by atoms with Crippen LogP contribution < -0.4 is 16.0 Å². The molecule has 12 nitrogen and oxygen atoms in total. The fourth-order valence-corrected chi connectivity index (χ4v) is 12.0. The van der Waals surface area contributed by atoms with Crippen molar-refractivity contribution in [3.63, 3.8) is 0 Å². The van der Waals surface area contributed by atoms with Gasteiger partial charge in [-0.15, -0.1) is 11.8 Å². The molecule has 0 aliphatic carbocycles. The third-order valence-electron chi connectivity index (χ3n) is 12.5. The van der Waals surface area contributed by atoms with Crippen LogP contribution in [0.5, 0.6) is 0 Å². The zero-order valence-corrected chi connectivity index (χ0v) is 36.0. The molecule has 4 atom stereocenters. The SMILES string of the molecule is Cc1ccc(S(=O)(=O)N2CC[C@@H]3[C@H](CO)Nc4ccc(-c5cccc(NC(=O)CCCCCCCCSc6cccc7c6CN(C6CCC(=O)NC6=O)C7=O)c5)cc4[C@@H]32)cc1. The molecule has 0 spiro atoms. The van der Waals surface area contributed by atoms with Crippen molar-refractivity contribution < 1.29 is 32.7 Å². The van der Waals surface area contributed by atoms with E-state index >= 15 is 0 Å². The molecule has 0 bridgehead atoms. The quantitative estimate of drug-likeness (QED) is 0.0510. The summed E-state index contributed by atoms with van der Waals surface area (Å²) in [6.45, 7) is 2.58. The number of aliphatic hydroxyl groups excluding tert-OH is 1. The predicted octanol–water partition coefficient (Wildman–Crippen LogP) is 7.42. The summed E-state index contributed by atoms with van der Waals surface area (Å²) in [6.07, 6.45) is 7.64. The molecule has 1 unspecified atom stereocenters. The molecular formula is C47H53N5O7S2. The number of aryl methyl sites for hydroxylation is 1. The van der Waals surface area contributed by atoms with Gasteiger partial charge in [0, 0.05) is 53.7 Å². The zero-order chi connectivity index (χ0) is 42.7. The summed E-state index contributed by atoms with van der Waals surface area (Å²) in [7, 11) is -3.78. The van der Waals surface area contributed by atoms with E-state index in [0.717, 1.165) is 82.7 Å². The average Bonchev–Trinajstić information content (AvgIpc) is 3.86. The lowest BCUT2D eigenvalue weighted by Crippen LogP contribution is -2.52. The van der Waals surface area contributed by atoms with Gasteiger partial charge in [0.2, 0.25) is 27.7 Å². The fraction of sp³-hybridized carbons (Fsp3) is 0.404. The Morgan fingerprint density at radius 3 is 2.43 bits per heavy atom. The number of anilines is 2. The number of unbranched alkanes of at least 4 members (excludes halogenated alkanes) is 5. The maximum absolute atomic E-state index is 14.0. The van der Waals surface area contributed by atoms with E-state index in [4.69, 9.17) is 0 Å². The number of fused-ring (bicyclic) bond motifs is 4. The van der Waals surface area contributed by atoms with E-state index in [1.54, 1.807) is 33.1 Å². The number of carbonyl (C=O) groups is 4. The van der Waals surface area contributed by atoms with E-state index in [1.165, 1.54) is 0 Å². The number of aliphatic hydroxyl groups is 1. The van der Waals surface area contributed by atoms with Crippen LogP contribution in [0.3, 0.4) is 0 Å². The highest BCUT2D eigenvalue weighted by molar-refractivity contribution is 7.99. The predicted molar refractivity (Wildman–Crippen MR) is 236 cm³/mol.